The molecule has 33 heavy (non-hydrogen) atoms. The Morgan fingerprint density at radius 1 is 0.758 bits per heavy atom. The molecular weight excluding hydrogens is 402 g/mol. The molecule has 3 nitrogen and oxygen atoms in total. The number of aryl methyl sites for hydroxylation is 5. The van der Waals surface area contributed by atoms with Gasteiger partial charge in [-0.05, 0) is 68.1 Å². The van der Waals surface area contributed by atoms with E-state index < -0.39 is 0 Å². The van der Waals surface area contributed by atoms with E-state index in [4.69, 9.17) is 4.98 Å². The number of hydrogen-bond acceptors (Lipinski definition) is 1. The lowest BCUT2D eigenvalue weighted by atomic mass is 10.0. The van der Waals surface area contributed by atoms with Gasteiger partial charge in [0.2, 0.25) is 0 Å². The topological polar surface area (TPSA) is 21.7 Å². The van der Waals surface area contributed by atoms with Gasteiger partial charge in [-0.3, -0.25) is 4.98 Å². The summed E-state index contributed by atoms with van der Waals surface area (Å²) < 4.78 is 4.87. The molecule has 5 aromatic rings. The lowest BCUT2D eigenvalue weighted by molar-refractivity contribution is -0.633. The van der Waals surface area contributed by atoms with Crippen LogP contribution in [-0.4, -0.2) is 9.55 Å². The van der Waals surface area contributed by atoms with Crippen LogP contribution in [0.3, 0.4) is 0 Å². The highest BCUT2D eigenvalue weighted by atomic mass is 15.2. The monoisotopic (exact) mass is 430 g/mol. The zero-order valence-corrected chi connectivity index (χ0v) is 19.9. The molecule has 3 heteroatoms. The average molecular weight is 431 g/mol. The number of rotatable bonds is 2. The molecule has 0 aliphatic heterocycles. The molecule has 1 aliphatic carbocycles. The Hall–Kier alpha value is -3.72. The molecule has 0 N–H and O–H groups in total. The normalized spacial score (nSPS) is 12.3. The van der Waals surface area contributed by atoms with Crippen molar-refractivity contribution in [3.8, 4) is 28.2 Å². The van der Waals surface area contributed by atoms with Gasteiger partial charge in [0, 0.05) is 23.2 Å². The van der Waals surface area contributed by atoms with Crippen molar-refractivity contribution < 1.29 is 4.57 Å². The van der Waals surface area contributed by atoms with Gasteiger partial charge < -0.3 is 0 Å². The fourth-order valence-corrected chi connectivity index (χ4v) is 5.62. The summed E-state index contributed by atoms with van der Waals surface area (Å²) in [6.07, 6.45) is 0.899. The molecule has 0 radical (unpaired) electrons. The van der Waals surface area contributed by atoms with Crippen molar-refractivity contribution in [3.05, 3.63) is 100 Å². The van der Waals surface area contributed by atoms with E-state index in [1.54, 1.807) is 0 Å². The van der Waals surface area contributed by atoms with E-state index in [9.17, 15) is 0 Å². The third-order valence-corrected chi connectivity index (χ3v) is 7.14. The van der Waals surface area contributed by atoms with Crippen LogP contribution in [0.4, 0.5) is 0 Å². The fourth-order valence-electron chi connectivity index (χ4n) is 5.62. The maximum Gasteiger partial charge on any atom is 0.295 e. The number of nitrogens with zero attached hydrogens (tertiary/aromatic N) is 3. The summed E-state index contributed by atoms with van der Waals surface area (Å²) in [5.41, 5.74) is 15.1. The van der Waals surface area contributed by atoms with Crippen LogP contribution in [-0.2, 0) is 13.5 Å². The van der Waals surface area contributed by atoms with Crippen LogP contribution in [0.2, 0.25) is 0 Å². The molecule has 0 fully saturated rings. The van der Waals surface area contributed by atoms with Crippen molar-refractivity contribution in [3.63, 3.8) is 0 Å². The van der Waals surface area contributed by atoms with E-state index in [0.29, 0.717) is 0 Å². The average Bonchev–Trinajstić information content (AvgIpc) is 3.29. The fraction of sp³-hybridized carbons (Fsp3) is 0.200. The second-order valence-electron chi connectivity index (χ2n) is 9.36. The molecule has 0 unspecified atom stereocenters. The molecule has 2 heterocycles. The molecule has 0 atom stereocenters. The predicted octanol–water partition coefficient (Wildman–Crippen LogP) is 6.32. The molecular formula is C30H28N3+. The minimum atomic E-state index is 0.899. The second-order valence-corrected chi connectivity index (χ2v) is 9.36. The van der Waals surface area contributed by atoms with Crippen molar-refractivity contribution in [2.24, 2.45) is 7.05 Å². The summed E-state index contributed by atoms with van der Waals surface area (Å²) in [6.45, 7) is 8.71. The minimum Gasteiger partial charge on any atom is -0.257 e. The summed E-state index contributed by atoms with van der Waals surface area (Å²) in [6, 6.07) is 24.3. The summed E-state index contributed by atoms with van der Waals surface area (Å²) in [5.74, 6) is 1.21. The molecule has 3 aromatic carbocycles. The summed E-state index contributed by atoms with van der Waals surface area (Å²) >= 11 is 0. The number of imidazole rings is 1. The number of fused-ring (bicyclic) bond motifs is 5. The third-order valence-electron chi connectivity index (χ3n) is 7.14. The van der Waals surface area contributed by atoms with Crippen LogP contribution in [0, 0.1) is 27.7 Å². The van der Waals surface area contributed by atoms with E-state index in [0.717, 1.165) is 12.1 Å². The molecule has 162 valence electrons. The minimum absolute atomic E-state index is 0.899. The highest BCUT2D eigenvalue weighted by molar-refractivity contribution is 5.97. The highest BCUT2D eigenvalue weighted by Gasteiger charge is 2.34. The largest absolute Gasteiger partial charge is 0.295 e. The van der Waals surface area contributed by atoms with Gasteiger partial charge in [0.25, 0.3) is 5.82 Å². The van der Waals surface area contributed by atoms with Crippen LogP contribution < -0.4 is 4.57 Å². The molecule has 1 aliphatic rings. The number of pyridine rings is 1. The molecule has 0 saturated heterocycles. The summed E-state index contributed by atoms with van der Waals surface area (Å²) in [7, 11) is 2.22. The van der Waals surface area contributed by atoms with E-state index >= 15 is 0 Å². The van der Waals surface area contributed by atoms with Crippen LogP contribution in [0.15, 0.2) is 66.7 Å². The lowest BCUT2D eigenvalue weighted by Gasteiger charge is -2.10. The van der Waals surface area contributed by atoms with Crippen molar-refractivity contribution in [2.75, 3.05) is 0 Å². The molecule has 0 spiro atoms. The van der Waals surface area contributed by atoms with Gasteiger partial charge >= 0.3 is 0 Å². The first-order valence-corrected chi connectivity index (χ1v) is 11.6. The Kier molecular flexibility index (Phi) is 4.31. The first-order valence-electron chi connectivity index (χ1n) is 11.6. The van der Waals surface area contributed by atoms with Gasteiger partial charge in [-0.25, -0.2) is 4.57 Å². The van der Waals surface area contributed by atoms with Crippen molar-refractivity contribution in [2.45, 2.75) is 34.1 Å². The SMILES string of the molecule is Cc1ccc2c(n1)Cc1ccc3c(c1-2)[n+](C)c(-c1ccccc1C)n3-c1c(C)cccc1C. The standard InChI is InChI=1S/C30H28N3/c1-18-9-6-7-12-23(18)30-32(5)29-26(33(30)28-19(2)10-8-11-20(28)3)16-14-22-17-25-24(27(22)29)15-13-21(4)31-25/h6-16H,17H2,1-5H3/q+1. The van der Waals surface area contributed by atoms with E-state index in [2.05, 4.69) is 111 Å². The smallest absolute Gasteiger partial charge is 0.257 e. The Morgan fingerprint density at radius 3 is 2.24 bits per heavy atom. The predicted molar refractivity (Wildman–Crippen MR) is 135 cm³/mol. The molecule has 0 amide bonds. The van der Waals surface area contributed by atoms with Gasteiger partial charge in [-0.15, -0.1) is 0 Å². The van der Waals surface area contributed by atoms with Gasteiger partial charge in [0.05, 0.1) is 18.3 Å². The molecule has 0 bridgehead atoms. The number of benzene rings is 3. The van der Waals surface area contributed by atoms with Crippen molar-refractivity contribution >= 4 is 11.0 Å². The maximum absolute atomic E-state index is 4.88. The zero-order valence-electron chi connectivity index (χ0n) is 19.9. The quantitative estimate of drug-likeness (QED) is 0.295. The van der Waals surface area contributed by atoms with Gasteiger partial charge in [-0.1, -0.05) is 48.5 Å². The lowest BCUT2D eigenvalue weighted by Crippen LogP contribution is -2.31. The molecule has 0 saturated carbocycles. The van der Waals surface area contributed by atoms with Gasteiger partial charge in [0.15, 0.2) is 11.0 Å². The van der Waals surface area contributed by atoms with E-state index in [-0.39, 0.29) is 0 Å². The van der Waals surface area contributed by atoms with E-state index in [1.807, 2.05) is 0 Å². The number of para-hydroxylation sites is 1. The van der Waals surface area contributed by atoms with Crippen LogP contribution >= 0.6 is 0 Å². The number of hydrogen-bond donors (Lipinski definition) is 0. The zero-order chi connectivity index (χ0) is 22.9. The van der Waals surface area contributed by atoms with Crippen LogP contribution in [0.5, 0.6) is 0 Å². The maximum atomic E-state index is 4.88. The Balaban J connectivity index is 1.81. The summed E-state index contributed by atoms with van der Waals surface area (Å²) in [4.78, 5) is 4.88. The highest BCUT2D eigenvalue weighted by Crippen LogP contribution is 2.42. The Bertz CT molecular complexity index is 1570. The number of aromatic nitrogens is 3. The van der Waals surface area contributed by atoms with E-state index in [1.165, 1.54) is 67.2 Å². The Labute approximate surface area is 195 Å². The van der Waals surface area contributed by atoms with Crippen molar-refractivity contribution in [1.29, 1.82) is 0 Å². The first-order chi connectivity index (χ1) is 16.0. The van der Waals surface area contributed by atoms with Crippen molar-refractivity contribution in [1.82, 2.24) is 9.55 Å². The molecule has 2 aromatic heterocycles. The first kappa shape index (κ1) is 19.9. The van der Waals surface area contributed by atoms with Crippen LogP contribution in [0.25, 0.3) is 39.2 Å². The Morgan fingerprint density at radius 2 is 1.48 bits per heavy atom. The van der Waals surface area contributed by atoms with Gasteiger partial charge in [-0.2, -0.15) is 4.57 Å². The molecule has 6 rings (SSSR count). The second kappa shape index (κ2) is 7.14. The van der Waals surface area contributed by atoms with Gasteiger partial charge in [0.1, 0.15) is 5.69 Å². The summed E-state index contributed by atoms with van der Waals surface area (Å²) in [5, 5.41) is 0. The third kappa shape index (κ3) is 2.82. The van der Waals surface area contributed by atoms with Crippen LogP contribution in [0.1, 0.15) is 33.6 Å².